The second kappa shape index (κ2) is 10.2. The maximum absolute atomic E-state index is 13.1. The number of thiocarbonyl (C=S) groups is 1. The summed E-state index contributed by atoms with van der Waals surface area (Å²) in [7, 11) is 1.66. The summed E-state index contributed by atoms with van der Waals surface area (Å²) in [6, 6.07) is 26.9. The molecule has 0 radical (unpaired) electrons. The zero-order valence-corrected chi connectivity index (χ0v) is 20.9. The van der Waals surface area contributed by atoms with Crippen LogP contribution in [0.2, 0.25) is 0 Å². The molecule has 2 aromatic heterocycles. The van der Waals surface area contributed by atoms with Crippen molar-refractivity contribution in [1.29, 1.82) is 0 Å². The van der Waals surface area contributed by atoms with Crippen molar-refractivity contribution in [3.05, 3.63) is 108 Å². The molecule has 8 heteroatoms. The summed E-state index contributed by atoms with van der Waals surface area (Å²) in [4.78, 5) is 19.6. The fourth-order valence-corrected chi connectivity index (χ4v) is 4.95. The summed E-state index contributed by atoms with van der Waals surface area (Å²) in [5.74, 6) is 0.649. The molecule has 1 aliphatic rings. The molecule has 0 bridgehead atoms. The van der Waals surface area contributed by atoms with Gasteiger partial charge in [0.05, 0.1) is 24.9 Å². The molecule has 2 atom stereocenters. The molecule has 3 heterocycles. The molecule has 2 N–H and O–H groups in total. The molecule has 1 saturated heterocycles. The van der Waals surface area contributed by atoms with Crippen LogP contribution in [0.4, 0.5) is 5.69 Å². The van der Waals surface area contributed by atoms with E-state index in [1.807, 2.05) is 77.7 Å². The number of carbonyl (C=O) groups excluding carboxylic acids is 1. The SMILES string of the molecule is COc1ccc(-n2c(C)ccc2[C@@H]2[C@@H](c3ccccn3)NC(=S)N2CC(=O)Nc2ccccc2)cc1. The molecule has 0 saturated carbocycles. The fourth-order valence-electron chi connectivity index (χ4n) is 4.65. The summed E-state index contributed by atoms with van der Waals surface area (Å²) in [6.45, 7) is 2.16. The van der Waals surface area contributed by atoms with Crippen LogP contribution in [-0.2, 0) is 4.79 Å². The van der Waals surface area contributed by atoms with Gasteiger partial charge in [-0.25, -0.2) is 0 Å². The lowest BCUT2D eigenvalue weighted by molar-refractivity contribution is -0.116. The van der Waals surface area contributed by atoms with Crippen molar-refractivity contribution in [1.82, 2.24) is 19.8 Å². The first-order chi connectivity index (χ1) is 17.5. The normalized spacial score (nSPS) is 17.1. The number of nitrogens with one attached hydrogen (secondary N) is 2. The molecule has 1 aliphatic heterocycles. The predicted octanol–water partition coefficient (Wildman–Crippen LogP) is 4.80. The molecular formula is C28H27N5O2S. The molecule has 36 heavy (non-hydrogen) atoms. The molecule has 4 aromatic rings. The van der Waals surface area contributed by atoms with Crippen molar-refractivity contribution in [3.63, 3.8) is 0 Å². The van der Waals surface area contributed by atoms with Gasteiger partial charge in [0, 0.05) is 29.0 Å². The fraction of sp³-hybridized carbons (Fsp3) is 0.179. The van der Waals surface area contributed by atoms with Gasteiger partial charge in [-0.2, -0.15) is 0 Å². The number of amides is 1. The molecule has 182 valence electrons. The third-order valence-electron chi connectivity index (χ3n) is 6.31. The van der Waals surface area contributed by atoms with E-state index in [2.05, 4.69) is 39.2 Å². The summed E-state index contributed by atoms with van der Waals surface area (Å²) in [5, 5.41) is 6.91. The Labute approximate surface area is 215 Å². The smallest absolute Gasteiger partial charge is 0.244 e. The highest BCUT2D eigenvalue weighted by Crippen LogP contribution is 2.40. The largest absolute Gasteiger partial charge is 0.497 e. The minimum atomic E-state index is -0.260. The van der Waals surface area contributed by atoms with Crippen LogP contribution in [0.1, 0.15) is 29.2 Å². The van der Waals surface area contributed by atoms with E-state index in [1.165, 1.54) is 0 Å². The lowest BCUT2D eigenvalue weighted by atomic mass is 10.0. The quantitative estimate of drug-likeness (QED) is 0.358. The maximum Gasteiger partial charge on any atom is 0.244 e. The lowest BCUT2D eigenvalue weighted by Gasteiger charge is -2.29. The summed E-state index contributed by atoms with van der Waals surface area (Å²) >= 11 is 5.76. The molecule has 0 aliphatic carbocycles. The van der Waals surface area contributed by atoms with E-state index in [-0.39, 0.29) is 24.5 Å². The van der Waals surface area contributed by atoms with Gasteiger partial charge in [0.2, 0.25) is 5.91 Å². The van der Waals surface area contributed by atoms with Crippen LogP contribution < -0.4 is 15.4 Å². The van der Waals surface area contributed by atoms with Gasteiger partial charge in [-0.05, 0) is 79.8 Å². The molecule has 1 amide bonds. The van der Waals surface area contributed by atoms with Crippen molar-refractivity contribution in [2.24, 2.45) is 0 Å². The highest BCUT2D eigenvalue weighted by molar-refractivity contribution is 7.80. The minimum Gasteiger partial charge on any atom is -0.497 e. The number of anilines is 1. The van der Waals surface area contributed by atoms with Crippen LogP contribution in [0.3, 0.4) is 0 Å². The van der Waals surface area contributed by atoms with E-state index in [4.69, 9.17) is 17.0 Å². The first-order valence-corrected chi connectivity index (χ1v) is 12.1. The number of para-hydroxylation sites is 1. The number of carbonyl (C=O) groups is 1. The summed E-state index contributed by atoms with van der Waals surface area (Å²) in [5.41, 5.74) is 4.68. The molecule has 7 nitrogen and oxygen atoms in total. The summed E-state index contributed by atoms with van der Waals surface area (Å²) in [6.07, 6.45) is 1.77. The first-order valence-electron chi connectivity index (χ1n) is 11.7. The average Bonchev–Trinajstić information content (AvgIpc) is 3.44. The number of ether oxygens (including phenoxy) is 1. The van der Waals surface area contributed by atoms with E-state index in [9.17, 15) is 4.79 Å². The van der Waals surface area contributed by atoms with Crippen molar-refractivity contribution in [2.45, 2.75) is 19.0 Å². The van der Waals surface area contributed by atoms with Crippen LogP contribution in [0.15, 0.2) is 91.1 Å². The first kappa shape index (κ1) is 23.6. The van der Waals surface area contributed by atoms with Crippen LogP contribution in [0, 0.1) is 6.92 Å². The van der Waals surface area contributed by atoms with Crippen LogP contribution in [0.5, 0.6) is 5.75 Å². The molecule has 1 fully saturated rings. The van der Waals surface area contributed by atoms with Gasteiger partial charge in [-0.15, -0.1) is 0 Å². The van der Waals surface area contributed by atoms with Crippen molar-refractivity contribution in [3.8, 4) is 11.4 Å². The van der Waals surface area contributed by atoms with Crippen molar-refractivity contribution in [2.75, 3.05) is 19.0 Å². The Morgan fingerprint density at radius 1 is 1.03 bits per heavy atom. The molecular weight excluding hydrogens is 470 g/mol. The third kappa shape index (κ3) is 4.67. The Bertz CT molecular complexity index is 1360. The average molecular weight is 498 g/mol. The zero-order valence-electron chi connectivity index (χ0n) is 20.1. The number of aryl methyl sites for hydroxylation is 1. The van der Waals surface area contributed by atoms with Crippen LogP contribution in [-0.4, -0.2) is 39.1 Å². The Hall–Kier alpha value is -4.17. The van der Waals surface area contributed by atoms with Crippen molar-refractivity contribution >= 4 is 28.9 Å². The van der Waals surface area contributed by atoms with E-state index < -0.39 is 0 Å². The highest BCUT2D eigenvalue weighted by atomic mass is 32.1. The summed E-state index contributed by atoms with van der Waals surface area (Å²) < 4.78 is 7.54. The van der Waals surface area contributed by atoms with Gasteiger partial charge in [-0.1, -0.05) is 24.3 Å². The number of pyridine rings is 1. The number of hydrogen-bond acceptors (Lipinski definition) is 4. The van der Waals surface area contributed by atoms with Gasteiger partial charge in [-0.3, -0.25) is 9.78 Å². The second-order valence-electron chi connectivity index (χ2n) is 8.60. The van der Waals surface area contributed by atoms with Crippen LogP contribution in [0.25, 0.3) is 5.69 Å². The number of hydrogen-bond donors (Lipinski definition) is 2. The monoisotopic (exact) mass is 497 g/mol. The minimum absolute atomic E-state index is 0.0988. The third-order valence-corrected chi connectivity index (χ3v) is 6.66. The van der Waals surface area contributed by atoms with Gasteiger partial charge < -0.3 is 24.8 Å². The number of nitrogens with zero attached hydrogens (tertiary/aromatic N) is 3. The van der Waals surface area contributed by atoms with E-state index in [0.29, 0.717) is 5.11 Å². The molecule has 0 unspecified atom stereocenters. The van der Waals surface area contributed by atoms with Crippen molar-refractivity contribution < 1.29 is 9.53 Å². The number of aromatic nitrogens is 2. The second-order valence-corrected chi connectivity index (χ2v) is 8.99. The Balaban J connectivity index is 1.54. The zero-order chi connectivity index (χ0) is 25.1. The van der Waals surface area contributed by atoms with Crippen LogP contribution >= 0.6 is 12.2 Å². The Morgan fingerprint density at radius 3 is 2.47 bits per heavy atom. The Kier molecular flexibility index (Phi) is 6.69. The number of methoxy groups -OCH3 is 1. The highest BCUT2D eigenvalue weighted by Gasteiger charge is 2.42. The van der Waals surface area contributed by atoms with Gasteiger partial charge in [0.25, 0.3) is 0 Å². The topological polar surface area (TPSA) is 71.4 Å². The Morgan fingerprint density at radius 2 is 1.78 bits per heavy atom. The predicted molar refractivity (Wildman–Crippen MR) is 144 cm³/mol. The van der Waals surface area contributed by atoms with E-state index >= 15 is 0 Å². The van der Waals surface area contributed by atoms with Gasteiger partial charge in [0.1, 0.15) is 12.3 Å². The molecule has 0 spiro atoms. The van der Waals surface area contributed by atoms with Gasteiger partial charge >= 0.3 is 0 Å². The number of benzene rings is 2. The van der Waals surface area contributed by atoms with E-state index in [0.717, 1.165) is 34.2 Å². The maximum atomic E-state index is 13.1. The van der Waals surface area contributed by atoms with E-state index in [1.54, 1.807) is 13.3 Å². The van der Waals surface area contributed by atoms with Gasteiger partial charge in [0.15, 0.2) is 5.11 Å². The number of rotatable bonds is 7. The lowest BCUT2D eigenvalue weighted by Crippen LogP contribution is -2.37. The molecule has 5 rings (SSSR count). The standard InChI is InChI=1S/C28H27N5O2S/c1-19-11-16-24(33(19)21-12-14-22(35-2)15-13-21)27-26(23-10-6-7-17-29-23)31-28(36)32(27)18-25(34)30-20-8-4-3-5-9-20/h3-17,26-27H,18H2,1-2H3,(H,30,34)(H,31,36)/t26-,27-/m1/s1. The molecule has 2 aromatic carbocycles.